The van der Waals surface area contributed by atoms with E-state index in [-0.39, 0.29) is 17.8 Å². The van der Waals surface area contributed by atoms with E-state index < -0.39 is 0 Å². The van der Waals surface area contributed by atoms with Crippen molar-refractivity contribution in [3.63, 3.8) is 0 Å². The molecule has 0 fully saturated rings. The Bertz CT molecular complexity index is 829. The number of hydrazine groups is 1. The number of benzene rings is 1. The summed E-state index contributed by atoms with van der Waals surface area (Å²) >= 11 is 0. The fourth-order valence-corrected chi connectivity index (χ4v) is 3.57. The van der Waals surface area contributed by atoms with Gasteiger partial charge in [-0.2, -0.15) is 0 Å². The quantitative estimate of drug-likeness (QED) is 0.0587. The van der Waals surface area contributed by atoms with Crippen molar-refractivity contribution >= 4 is 6.03 Å². The molecule has 1 unspecified atom stereocenters. The van der Waals surface area contributed by atoms with Gasteiger partial charge in [-0.3, -0.25) is 0 Å². The molecule has 1 rings (SSSR count). The van der Waals surface area contributed by atoms with Crippen LogP contribution in [0.1, 0.15) is 25.3 Å². The molecule has 2 amide bonds. The molecule has 0 heterocycles. The number of carbonyl (C=O) groups is 1. The lowest BCUT2D eigenvalue weighted by Crippen LogP contribution is -2.45. The van der Waals surface area contributed by atoms with Gasteiger partial charge in [0.2, 0.25) is 0 Å². The van der Waals surface area contributed by atoms with Gasteiger partial charge < -0.3 is 55.1 Å². The molecule has 13 nitrogen and oxygen atoms in total. The molecule has 0 aromatic heterocycles. The predicted octanol–water partition coefficient (Wildman–Crippen LogP) is 1.02. The highest BCUT2D eigenvalue weighted by Gasteiger charge is 2.14. The molecule has 242 valence electrons. The molecule has 0 radical (unpaired) electrons. The molecule has 0 aliphatic carbocycles. The largest absolute Gasteiger partial charge is 0.508 e. The van der Waals surface area contributed by atoms with Gasteiger partial charge in [0.25, 0.3) is 0 Å². The number of hydrogen-bond acceptors (Lipinski definition) is 11. The first-order valence-electron chi connectivity index (χ1n) is 14.6. The topological polar surface area (TPSA) is 166 Å². The summed E-state index contributed by atoms with van der Waals surface area (Å²) in [5.74, 6) is 6.20. The van der Waals surface area contributed by atoms with Gasteiger partial charge in [0.1, 0.15) is 5.75 Å². The Morgan fingerprint density at radius 1 is 0.881 bits per heavy atom. The number of nitrogens with zero attached hydrogens (tertiary/aromatic N) is 2. The number of ether oxygens (including phenoxy) is 5. The van der Waals surface area contributed by atoms with Crippen LogP contribution in [-0.2, 0) is 30.1 Å². The SMILES string of the molecule is CCCOCCOCCOCCOCCOCCN(N)/C=C(\N)CCNC(=O)NCC(Cc1ccc(O)cc1)N(C)C. The summed E-state index contributed by atoms with van der Waals surface area (Å²) in [6.07, 6.45) is 3.85. The minimum atomic E-state index is -0.259. The van der Waals surface area contributed by atoms with Gasteiger partial charge in [-0.25, -0.2) is 10.6 Å². The number of hydrogen-bond donors (Lipinski definition) is 5. The van der Waals surface area contributed by atoms with E-state index in [0.717, 1.165) is 25.0 Å². The van der Waals surface area contributed by atoms with E-state index in [1.165, 1.54) is 5.01 Å². The van der Waals surface area contributed by atoms with Crippen molar-refractivity contribution in [3.05, 3.63) is 41.7 Å². The second-order valence-corrected chi connectivity index (χ2v) is 9.88. The maximum Gasteiger partial charge on any atom is 0.314 e. The van der Waals surface area contributed by atoms with Gasteiger partial charge in [0, 0.05) is 44.1 Å². The van der Waals surface area contributed by atoms with Gasteiger partial charge in [-0.1, -0.05) is 19.1 Å². The van der Waals surface area contributed by atoms with Gasteiger partial charge in [-0.05, 0) is 44.6 Å². The van der Waals surface area contributed by atoms with Gasteiger partial charge in [0.05, 0.1) is 66.0 Å². The Balaban J connectivity index is 2.02. The number of rotatable bonds is 26. The average Bonchev–Trinajstić information content (AvgIpc) is 2.95. The molecule has 13 heteroatoms. The zero-order chi connectivity index (χ0) is 30.8. The Kier molecular flexibility index (Phi) is 22.2. The Morgan fingerprint density at radius 2 is 1.40 bits per heavy atom. The molecular formula is C29H54N6O7. The number of phenolic OH excluding ortho intramolecular Hbond substituents is 1. The van der Waals surface area contributed by atoms with Gasteiger partial charge in [0.15, 0.2) is 0 Å². The Morgan fingerprint density at radius 3 is 1.93 bits per heavy atom. The summed E-state index contributed by atoms with van der Waals surface area (Å²) in [7, 11) is 3.94. The second kappa shape index (κ2) is 24.9. The third kappa shape index (κ3) is 21.1. The van der Waals surface area contributed by atoms with Crippen LogP contribution in [0.2, 0.25) is 0 Å². The highest BCUT2D eigenvalue weighted by molar-refractivity contribution is 5.73. The molecular weight excluding hydrogens is 544 g/mol. The minimum Gasteiger partial charge on any atom is -0.508 e. The highest BCUT2D eigenvalue weighted by Crippen LogP contribution is 2.12. The van der Waals surface area contributed by atoms with Crippen molar-refractivity contribution in [2.45, 2.75) is 32.2 Å². The van der Waals surface area contributed by atoms with E-state index in [2.05, 4.69) is 22.5 Å². The average molecular weight is 599 g/mol. The van der Waals surface area contributed by atoms with Crippen molar-refractivity contribution < 1.29 is 33.6 Å². The lowest BCUT2D eigenvalue weighted by molar-refractivity contribution is -0.0116. The molecule has 1 atom stereocenters. The molecule has 0 aliphatic heterocycles. The summed E-state index contributed by atoms with van der Waals surface area (Å²) in [5, 5.41) is 16.6. The van der Waals surface area contributed by atoms with E-state index in [1.807, 2.05) is 26.2 Å². The summed E-state index contributed by atoms with van der Waals surface area (Å²) < 4.78 is 27.2. The summed E-state index contributed by atoms with van der Waals surface area (Å²) in [4.78, 5) is 14.3. The molecule has 1 aromatic rings. The lowest BCUT2D eigenvalue weighted by atomic mass is 10.1. The third-order valence-corrected chi connectivity index (χ3v) is 6.00. The number of nitrogens with two attached hydrogens (primary N) is 2. The smallest absolute Gasteiger partial charge is 0.314 e. The first-order valence-corrected chi connectivity index (χ1v) is 14.6. The first-order chi connectivity index (χ1) is 20.3. The Labute approximate surface area is 251 Å². The summed E-state index contributed by atoms with van der Waals surface area (Å²) in [5.41, 5.74) is 7.67. The predicted molar refractivity (Wildman–Crippen MR) is 163 cm³/mol. The fourth-order valence-electron chi connectivity index (χ4n) is 3.57. The van der Waals surface area contributed by atoms with Gasteiger partial charge in [-0.15, -0.1) is 0 Å². The maximum absolute atomic E-state index is 12.2. The van der Waals surface area contributed by atoms with Crippen LogP contribution in [0.5, 0.6) is 5.75 Å². The van der Waals surface area contributed by atoms with Crippen molar-refractivity contribution in [2.24, 2.45) is 11.6 Å². The van der Waals surface area contributed by atoms with Crippen LogP contribution in [0.4, 0.5) is 4.79 Å². The van der Waals surface area contributed by atoms with E-state index in [9.17, 15) is 9.90 Å². The number of aromatic hydroxyl groups is 1. The first kappa shape index (κ1) is 37.4. The summed E-state index contributed by atoms with van der Waals surface area (Å²) in [6.45, 7) is 8.78. The lowest BCUT2D eigenvalue weighted by Gasteiger charge is -2.25. The van der Waals surface area contributed by atoms with E-state index in [0.29, 0.717) is 91.2 Å². The normalized spacial score (nSPS) is 12.5. The van der Waals surface area contributed by atoms with Crippen LogP contribution >= 0.6 is 0 Å². The van der Waals surface area contributed by atoms with Crippen molar-refractivity contribution in [3.8, 4) is 5.75 Å². The highest BCUT2D eigenvalue weighted by atomic mass is 16.6. The summed E-state index contributed by atoms with van der Waals surface area (Å²) in [6, 6.07) is 6.94. The number of amides is 2. The monoisotopic (exact) mass is 598 g/mol. The van der Waals surface area contributed by atoms with Gasteiger partial charge >= 0.3 is 6.03 Å². The molecule has 0 spiro atoms. The van der Waals surface area contributed by atoms with Crippen molar-refractivity contribution in [2.75, 3.05) is 99.8 Å². The van der Waals surface area contributed by atoms with Crippen molar-refractivity contribution in [1.29, 1.82) is 0 Å². The molecule has 7 N–H and O–H groups in total. The van der Waals surface area contributed by atoms with Crippen LogP contribution in [0.15, 0.2) is 36.2 Å². The van der Waals surface area contributed by atoms with E-state index in [4.69, 9.17) is 35.3 Å². The maximum atomic E-state index is 12.2. The zero-order valence-electron chi connectivity index (χ0n) is 25.7. The number of phenols is 1. The van der Waals surface area contributed by atoms with Crippen LogP contribution in [0, 0.1) is 0 Å². The molecule has 0 aliphatic rings. The second-order valence-electron chi connectivity index (χ2n) is 9.88. The number of carbonyl (C=O) groups excluding carboxylic acids is 1. The number of likely N-dealkylation sites (N-methyl/N-ethyl adjacent to an activating group) is 1. The molecule has 0 bridgehead atoms. The number of nitrogens with one attached hydrogen (secondary N) is 2. The standard InChI is InChI=1S/C29H54N6O7/c1-4-12-38-14-16-40-18-20-42-21-19-41-17-15-39-13-11-35(31)24-26(30)9-10-32-29(37)33-23-27(34(2)3)22-25-5-7-28(36)8-6-25/h5-8,24,27,36H,4,9-23,30-31H2,1-3H3,(H2,32,33,37)/b26-24-. The van der Waals surface area contributed by atoms with Crippen LogP contribution in [-0.4, -0.2) is 127 Å². The zero-order valence-corrected chi connectivity index (χ0v) is 25.7. The fraction of sp³-hybridized carbons (Fsp3) is 0.690. The van der Waals surface area contributed by atoms with Crippen LogP contribution in [0.3, 0.4) is 0 Å². The number of urea groups is 1. The van der Waals surface area contributed by atoms with Crippen LogP contribution in [0.25, 0.3) is 0 Å². The minimum absolute atomic E-state index is 0.107. The molecule has 1 aromatic carbocycles. The molecule has 0 saturated carbocycles. The molecule has 42 heavy (non-hydrogen) atoms. The van der Waals surface area contributed by atoms with Crippen LogP contribution < -0.4 is 22.2 Å². The molecule has 0 saturated heterocycles. The van der Waals surface area contributed by atoms with Crippen molar-refractivity contribution in [1.82, 2.24) is 20.5 Å². The Hall–Kier alpha value is -2.65. The third-order valence-electron chi connectivity index (χ3n) is 6.00. The van der Waals surface area contributed by atoms with E-state index in [1.54, 1.807) is 18.3 Å². The van der Waals surface area contributed by atoms with E-state index >= 15 is 0 Å².